The van der Waals surface area contributed by atoms with E-state index in [4.69, 9.17) is 5.73 Å². The van der Waals surface area contributed by atoms with Crippen molar-refractivity contribution < 1.29 is 22.9 Å². The number of fused-ring (bicyclic) bond motifs is 6. The van der Waals surface area contributed by atoms with Gasteiger partial charge in [-0.3, -0.25) is 4.55 Å². The number of hydrogen-bond acceptors (Lipinski definition) is 4. The van der Waals surface area contributed by atoms with Gasteiger partial charge >= 0.3 is 5.97 Å². The standard InChI is InChI=1S/C17H12N4O5S/c18-10-2-6-14(13(8-10)17(22)23)19-20-15-5-1-9-7-11(27(24,25)26)3-4-12(9)16(15)21(19)20/h1-8H,18H2,(H,22,23)(H,24,25,26). The molecule has 136 valence electrons. The van der Waals surface area contributed by atoms with E-state index in [0.29, 0.717) is 16.8 Å². The first-order valence-corrected chi connectivity index (χ1v) is 9.28. The lowest BCUT2D eigenvalue weighted by atomic mass is 10.1. The molecule has 5 rings (SSSR count). The van der Waals surface area contributed by atoms with Crippen LogP contribution in [-0.2, 0) is 10.1 Å². The minimum atomic E-state index is -4.29. The number of carboxylic acid groups (broad SMARTS) is 1. The van der Waals surface area contributed by atoms with Crippen molar-refractivity contribution in [2.24, 2.45) is 0 Å². The molecule has 10 heteroatoms. The van der Waals surface area contributed by atoms with Crippen molar-refractivity contribution in [3.63, 3.8) is 0 Å². The van der Waals surface area contributed by atoms with E-state index in [9.17, 15) is 22.9 Å². The Hall–Kier alpha value is -3.50. The number of nitrogen functional groups attached to an aromatic ring is 1. The van der Waals surface area contributed by atoms with Crippen molar-refractivity contribution in [2.75, 3.05) is 5.73 Å². The summed E-state index contributed by atoms with van der Waals surface area (Å²) in [6.45, 7) is 0. The van der Waals surface area contributed by atoms with Gasteiger partial charge in [-0.1, -0.05) is 12.1 Å². The fraction of sp³-hybridized carbons (Fsp3) is 0. The molecule has 3 aromatic carbocycles. The molecule has 0 bridgehead atoms. The van der Waals surface area contributed by atoms with Crippen LogP contribution in [0.1, 0.15) is 10.4 Å². The van der Waals surface area contributed by atoms with Gasteiger partial charge in [0, 0.05) is 11.1 Å². The van der Waals surface area contributed by atoms with Gasteiger partial charge in [-0.25, -0.2) is 4.79 Å². The highest BCUT2D eigenvalue weighted by atomic mass is 32.2. The molecule has 2 heterocycles. The van der Waals surface area contributed by atoms with E-state index in [2.05, 4.69) is 0 Å². The molecule has 0 aliphatic rings. The average Bonchev–Trinajstić information content (AvgIpc) is 3.24. The molecule has 5 aromatic rings. The quantitative estimate of drug-likeness (QED) is 0.322. The molecule has 0 saturated carbocycles. The SMILES string of the molecule is Nc1ccc(-n2n3c4ccc5cc(S(=O)(=O)O)ccc5c4n23)c(C(=O)O)c1. The van der Waals surface area contributed by atoms with Gasteiger partial charge in [-0.05, 0) is 41.8 Å². The molecule has 9 nitrogen and oxygen atoms in total. The lowest BCUT2D eigenvalue weighted by molar-refractivity contribution is 0.0697. The molecule has 0 unspecified atom stereocenters. The maximum Gasteiger partial charge on any atom is 0.338 e. The number of anilines is 1. The van der Waals surface area contributed by atoms with E-state index >= 15 is 0 Å². The fourth-order valence-electron chi connectivity index (χ4n) is 3.39. The third kappa shape index (κ3) is 2.08. The van der Waals surface area contributed by atoms with E-state index < -0.39 is 16.1 Å². The summed E-state index contributed by atoms with van der Waals surface area (Å²) in [4.78, 5) is 13.1. The normalized spacial score (nSPS) is 12.6. The van der Waals surface area contributed by atoms with Crippen LogP contribution in [0, 0.1) is 0 Å². The summed E-state index contributed by atoms with van der Waals surface area (Å²) in [7, 11) is -4.29. The van der Waals surface area contributed by atoms with Crippen LogP contribution in [0.3, 0.4) is 0 Å². The zero-order valence-corrected chi connectivity index (χ0v) is 14.4. The molecule has 4 N–H and O–H groups in total. The van der Waals surface area contributed by atoms with Crippen LogP contribution in [0.2, 0.25) is 0 Å². The highest BCUT2D eigenvalue weighted by Crippen LogP contribution is 2.34. The highest BCUT2D eigenvalue weighted by molar-refractivity contribution is 7.85. The molecular formula is C17H12N4O5S. The summed E-state index contributed by atoms with van der Waals surface area (Å²) < 4.78 is 35.5. The number of aromatic carboxylic acids is 1. The molecule has 27 heavy (non-hydrogen) atoms. The first-order chi connectivity index (χ1) is 12.8. The van der Waals surface area contributed by atoms with Crippen molar-refractivity contribution in [1.29, 1.82) is 0 Å². The molecule has 0 saturated heterocycles. The monoisotopic (exact) mass is 384 g/mol. The second-order valence-electron chi connectivity index (χ2n) is 6.24. The predicted molar refractivity (Wildman–Crippen MR) is 97.6 cm³/mol. The van der Waals surface area contributed by atoms with Crippen LogP contribution in [0.25, 0.3) is 27.5 Å². The zero-order chi connectivity index (χ0) is 19.1. The zero-order valence-electron chi connectivity index (χ0n) is 13.6. The lowest BCUT2D eigenvalue weighted by Gasteiger charge is -2.05. The van der Waals surface area contributed by atoms with E-state index in [1.807, 2.05) is 0 Å². The Labute approximate surface area is 151 Å². The Morgan fingerprint density at radius 1 is 1.00 bits per heavy atom. The van der Waals surface area contributed by atoms with E-state index in [1.54, 1.807) is 44.4 Å². The van der Waals surface area contributed by atoms with Crippen molar-refractivity contribution in [2.45, 2.75) is 4.90 Å². The Kier molecular flexibility index (Phi) is 2.80. The number of benzene rings is 3. The van der Waals surface area contributed by atoms with Crippen molar-refractivity contribution in [3.8, 4) is 5.69 Å². The molecule has 0 amide bonds. The summed E-state index contributed by atoms with van der Waals surface area (Å²) in [6, 6.07) is 12.6. The summed E-state index contributed by atoms with van der Waals surface area (Å²) >= 11 is 0. The maximum atomic E-state index is 11.6. The Balaban J connectivity index is 1.75. The number of carboxylic acids is 1. The van der Waals surface area contributed by atoms with Crippen LogP contribution in [0.4, 0.5) is 5.69 Å². The molecule has 0 aliphatic heterocycles. The van der Waals surface area contributed by atoms with Crippen LogP contribution in [0.15, 0.2) is 53.4 Å². The van der Waals surface area contributed by atoms with Crippen LogP contribution >= 0.6 is 0 Å². The van der Waals surface area contributed by atoms with Gasteiger partial charge in [0.25, 0.3) is 10.1 Å². The number of carbonyl (C=O) groups is 1. The van der Waals surface area contributed by atoms with E-state index in [1.165, 1.54) is 18.2 Å². The number of nitrogens with zero attached hydrogens (tertiary/aromatic N) is 3. The van der Waals surface area contributed by atoms with Gasteiger partial charge in [0.2, 0.25) is 0 Å². The van der Waals surface area contributed by atoms with Gasteiger partial charge < -0.3 is 10.8 Å². The summed E-state index contributed by atoms with van der Waals surface area (Å²) in [6.07, 6.45) is 0. The van der Waals surface area contributed by atoms with Gasteiger partial charge in [0.1, 0.15) is 16.7 Å². The van der Waals surface area contributed by atoms with E-state index in [-0.39, 0.29) is 10.5 Å². The highest BCUT2D eigenvalue weighted by Gasteiger charge is 2.28. The smallest absolute Gasteiger partial charge is 0.338 e. The lowest BCUT2D eigenvalue weighted by Crippen LogP contribution is -2.04. The first-order valence-electron chi connectivity index (χ1n) is 7.84. The Morgan fingerprint density at radius 3 is 2.48 bits per heavy atom. The third-order valence-electron chi connectivity index (χ3n) is 4.63. The first kappa shape index (κ1) is 15.7. The minimum Gasteiger partial charge on any atom is -0.478 e. The topological polar surface area (TPSA) is 131 Å². The Bertz CT molecular complexity index is 1490. The van der Waals surface area contributed by atoms with Crippen molar-refractivity contribution in [3.05, 3.63) is 54.1 Å². The van der Waals surface area contributed by atoms with E-state index in [0.717, 1.165) is 16.4 Å². The maximum absolute atomic E-state index is 11.6. The number of nitrogens with two attached hydrogens (primary N) is 1. The molecular weight excluding hydrogens is 372 g/mol. The van der Waals surface area contributed by atoms with Gasteiger partial charge in [0.05, 0.1) is 10.5 Å². The van der Waals surface area contributed by atoms with Gasteiger partial charge in [-0.15, -0.1) is 14.1 Å². The number of rotatable bonds is 3. The van der Waals surface area contributed by atoms with Gasteiger partial charge in [0.15, 0.2) is 0 Å². The van der Waals surface area contributed by atoms with Crippen molar-refractivity contribution >= 4 is 43.6 Å². The fourth-order valence-corrected chi connectivity index (χ4v) is 3.91. The second kappa shape index (κ2) is 4.81. The van der Waals surface area contributed by atoms with Crippen LogP contribution < -0.4 is 5.73 Å². The molecule has 2 aromatic heterocycles. The third-order valence-corrected chi connectivity index (χ3v) is 5.48. The molecule has 0 spiro atoms. The molecule has 0 radical (unpaired) electrons. The predicted octanol–water partition coefficient (Wildman–Crippen LogP) is 2.10. The Morgan fingerprint density at radius 2 is 1.78 bits per heavy atom. The second-order valence-corrected chi connectivity index (χ2v) is 7.66. The average molecular weight is 384 g/mol. The summed E-state index contributed by atoms with van der Waals surface area (Å²) in [5.41, 5.74) is 8.28. The largest absolute Gasteiger partial charge is 0.478 e. The summed E-state index contributed by atoms with van der Waals surface area (Å²) in [5.74, 6) is -1.09. The molecule has 0 atom stereocenters. The van der Waals surface area contributed by atoms with Crippen molar-refractivity contribution in [1.82, 2.24) is 14.1 Å². The van der Waals surface area contributed by atoms with Gasteiger partial charge in [-0.2, -0.15) is 8.42 Å². The number of hydrogen-bond donors (Lipinski definition) is 3. The summed E-state index contributed by atoms with van der Waals surface area (Å²) in [5, 5.41) is 10.9. The minimum absolute atomic E-state index is 0.0771. The van der Waals surface area contributed by atoms with Crippen LogP contribution in [0.5, 0.6) is 0 Å². The number of aromatic nitrogens is 3. The molecule has 0 aliphatic carbocycles. The van der Waals surface area contributed by atoms with Crippen LogP contribution in [-0.4, -0.2) is 38.1 Å². The molecule has 0 fully saturated rings.